The molecule has 1 heterocycles. The molecule has 2 nitrogen and oxygen atoms in total. The van der Waals surface area contributed by atoms with Gasteiger partial charge in [-0.25, -0.2) is 4.70 Å². The number of rotatable bonds is 13. The van der Waals surface area contributed by atoms with Crippen LogP contribution in [0.5, 0.6) is 0 Å². The molecule has 176 valence electrons. The van der Waals surface area contributed by atoms with Crippen molar-refractivity contribution in [1.29, 1.82) is 0 Å². The number of unbranched alkanes of at least 4 members (excludes halogenated alkanes) is 5. The van der Waals surface area contributed by atoms with E-state index in [2.05, 4.69) is 76.2 Å². The van der Waals surface area contributed by atoms with Crippen LogP contribution < -0.4 is 0 Å². The Morgan fingerprint density at radius 1 is 0.636 bits per heavy atom. The van der Waals surface area contributed by atoms with Crippen LogP contribution in [-0.4, -0.2) is 4.70 Å². The van der Waals surface area contributed by atoms with Crippen molar-refractivity contribution in [2.24, 2.45) is 0 Å². The van der Waals surface area contributed by atoms with E-state index in [9.17, 15) is 5.53 Å². The molecule has 0 saturated heterocycles. The van der Waals surface area contributed by atoms with Gasteiger partial charge in [0.05, 0.1) is 0 Å². The molecule has 0 atom stereocenters. The van der Waals surface area contributed by atoms with Gasteiger partial charge in [0.1, 0.15) is 0 Å². The first-order chi connectivity index (χ1) is 16.1. The summed E-state index contributed by atoms with van der Waals surface area (Å²) in [7, 11) is 0. The van der Waals surface area contributed by atoms with Gasteiger partial charge >= 0.3 is 0 Å². The summed E-state index contributed by atoms with van der Waals surface area (Å²) in [6.07, 6.45) is 12.8. The molecule has 0 radical (unpaired) electrons. The van der Waals surface area contributed by atoms with E-state index in [1.165, 1.54) is 65.5 Å². The quantitative estimate of drug-likeness (QED) is 0.218. The van der Waals surface area contributed by atoms with E-state index in [4.69, 9.17) is 0 Å². The Balaban J connectivity index is 2.10. The third kappa shape index (κ3) is 6.31. The van der Waals surface area contributed by atoms with E-state index in [0.29, 0.717) is 0 Å². The third-order valence-electron chi connectivity index (χ3n) is 6.73. The SMILES string of the molecule is CCCCCCC1=C(c2cccc(CCCC)c2)[N+](=[N-])C(c2cccc(C)c2)=C1CCCC. The maximum Gasteiger partial charge on any atom is 0.211 e. The second-order valence-corrected chi connectivity index (χ2v) is 9.55. The highest BCUT2D eigenvalue weighted by Crippen LogP contribution is 2.44. The molecule has 33 heavy (non-hydrogen) atoms. The van der Waals surface area contributed by atoms with Crippen LogP contribution in [0.3, 0.4) is 0 Å². The van der Waals surface area contributed by atoms with Crippen LogP contribution in [0.15, 0.2) is 59.7 Å². The van der Waals surface area contributed by atoms with Crippen molar-refractivity contribution in [2.45, 2.75) is 98.3 Å². The summed E-state index contributed by atoms with van der Waals surface area (Å²) in [5.74, 6) is 0. The zero-order chi connectivity index (χ0) is 23.6. The Morgan fingerprint density at radius 3 is 1.85 bits per heavy atom. The fraction of sp³-hybridized carbons (Fsp3) is 0.484. The van der Waals surface area contributed by atoms with E-state index in [1.807, 2.05) is 0 Å². The molecule has 1 aliphatic heterocycles. The fourth-order valence-electron chi connectivity index (χ4n) is 4.91. The predicted octanol–water partition coefficient (Wildman–Crippen LogP) is 9.67. The molecule has 1 aliphatic rings. The minimum absolute atomic E-state index is 0.992. The molecule has 0 saturated carbocycles. The van der Waals surface area contributed by atoms with E-state index in [1.54, 1.807) is 0 Å². The maximum atomic E-state index is 11.7. The number of allylic oxidation sites excluding steroid dienone is 2. The van der Waals surface area contributed by atoms with Gasteiger partial charge in [0.25, 0.3) is 0 Å². The topological polar surface area (TPSA) is 25.3 Å². The monoisotopic (exact) mass is 442 g/mol. The van der Waals surface area contributed by atoms with Crippen molar-refractivity contribution in [1.82, 2.24) is 0 Å². The summed E-state index contributed by atoms with van der Waals surface area (Å²) in [5, 5.41) is 0. The standard InChI is InChI=1S/C31H42N2/c1-5-8-11-12-21-29-28(20-10-7-3)30(26-18-13-15-24(4)22-26)33(32)31(29)27-19-14-17-25(23-27)16-9-6-2/h13-15,17-19,22-23H,5-12,16,20-21H2,1-4H3. The van der Waals surface area contributed by atoms with Gasteiger partial charge in [0.2, 0.25) is 11.4 Å². The van der Waals surface area contributed by atoms with Gasteiger partial charge < -0.3 is 5.53 Å². The van der Waals surface area contributed by atoms with Crippen molar-refractivity contribution in [3.8, 4) is 0 Å². The third-order valence-corrected chi connectivity index (χ3v) is 6.73. The Bertz CT molecular complexity index is 1010. The Labute approximate surface area is 201 Å². The molecule has 0 aromatic heterocycles. The highest BCUT2D eigenvalue weighted by atomic mass is 15.2. The second-order valence-electron chi connectivity index (χ2n) is 9.55. The lowest BCUT2D eigenvalue weighted by molar-refractivity contribution is -0.345. The number of hydrogen-bond acceptors (Lipinski definition) is 0. The van der Waals surface area contributed by atoms with E-state index >= 15 is 0 Å². The van der Waals surface area contributed by atoms with Gasteiger partial charge in [-0.3, -0.25) is 0 Å². The van der Waals surface area contributed by atoms with Gasteiger partial charge in [0.15, 0.2) is 0 Å². The molecule has 2 aromatic rings. The van der Waals surface area contributed by atoms with Crippen LogP contribution in [0.25, 0.3) is 16.9 Å². The van der Waals surface area contributed by atoms with Gasteiger partial charge in [-0.05, 0) is 75.3 Å². The van der Waals surface area contributed by atoms with Crippen LogP contribution in [0, 0.1) is 6.92 Å². The largest absolute Gasteiger partial charge is 0.493 e. The van der Waals surface area contributed by atoms with Crippen LogP contribution in [0.4, 0.5) is 0 Å². The lowest BCUT2D eigenvalue weighted by Gasteiger charge is -2.11. The lowest BCUT2D eigenvalue weighted by Crippen LogP contribution is -2.03. The molecule has 0 N–H and O–H groups in total. The molecule has 0 fully saturated rings. The Morgan fingerprint density at radius 2 is 1.21 bits per heavy atom. The van der Waals surface area contributed by atoms with E-state index in [-0.39, 0.29) is 0 Å². The van der Waals surface area contributed by atoms with Gasteiger partial charge in [-0.15, -0.1) is 0 Å². The van der Waals surface area contributed by atoms with Gasteiger partial charge in [-0.2, -0.15) is 0 Å². The highest BCUT2D eigenvalue weighted by molar-refractivity contribution is 5.82. The summed E-state index contributed by atoms with van der Waals surface area (Å²) in [4.78, 5) is 0. The molecule has 2 aromatic carbocycles. The predicted molar refractivity (Wildman–Crippen MR) is 142 cm³/mol. The summed E-state index contributed by atoms with van der Waals surface area (Å²) >= 11 is 0. The summed E-state index contributed by atoms with van der Waals surface area (Å²) in [5.41, 5.74) is 21.2. The van der Waals surface area contributed by atoms with Crippen LogP contribution in [0.2, 0.25) is 0 Å². The van der Waals surface area contributed by atoms with Crippen molar-refractivity contribution >= 4 is 11.4 Å². The zero-order valence-corrected chi connectivity index (χ0v) is 21.3. The minimum Gasteiger partial charge on any atom is -0.493 e. The first-order valence-corrected chi connectivity index (χ1v) is 13.2. The van der Waals surface area contributed by atoms with E-state index in [0.717, 1.165) is 54.6 Å². The lowest BCUT2D eigenvalue weighted by atomic mass is 9.91. The summed E-state index contributed by atoms with van der Waals surface area (Å²) < 4.78 is 1.52. The number of benzene rings is 2. The number of hydrogen-bond donors (Lipinski definition) is 0. The minimum atomic E-state index is 0.992. The maximum absolute atomic E-state index is 11.7. The van der Waals surface area contributed by atoms with Crippen LogP contribution in [0.1, 0.15) is 107 Å². The number of aryl methyl sites for hydroxylation is 2. The van der Waals surface area contributed by atoms with Crippen LogP contribution >= 0.6 is 0 Å². The Kier molecular flexibility index (Phi) is 9.66. The summed E-state index contributed by atoms with van der Waals surface area (Å²) in [6.45, 7) is 8.89. The molecule has 0 bridgehead atoms. The average Bonchev–Trinajstić information content (AvgIpc) is 3.10. The molecule has 0 unspecified atom stereocenters. The first-order valence-electron chi connectivity index (χ1n) is 13.2. The molecule has 0 amide bonds. The molecule has 3 rings (SSSR count). The van der Waals surface area contributed by atoms with Gasteiger partial charge in [0, 0.05) is 22.3 Å². The van der Waals surface area contributed by atoms with Crippen LogP contribution in [-0.2, 0) is 6.42 Å². The summed E-state index contributed by atoms with van der Waals surface area (Å²) in [6, 6.07) is 17.5. The zero-order valence-electron chi connectivity index (χ0n) is 21.3. The molecule has 0 aliphatic carbocycles. The first kappa shape index (κ1) is 25.1. The second kappa shape index (κ2) is 12.7. The number of nitrogens with zero attached hydrogens (tertiary/aromatic N) is 2. The highest BCUT2D eigenvalue weighted by Gasteiger charge is 2.35. The van der Waals surface area contributed by atoms with Crippen molar-refractivity contribution in [3.63, 3.8) is 0 Å². The van der Waals surface area contributed by atoms with Crippen molar-refractivity contribution < 1.29 is 4.70 Å². The van der Waals surface area contributed by atoms with Crippen molar-refractivity contribution in [3.05, 3.63) is 87.5 Å². The average molecular weight is 443 g/mol. The van der Waals surface area contributed by atoms with Crippen molar-refractivity contribution in [2.75, 3.05) is 0 Å². The fourth-order valence-corrected chi connectivity index (χ4v) is 4.91. The Hall–Kier alpha value is -2.48. The molecule has 0 spiro atoms. The van der Waals surface area contributed by atoms with E-state index < -0.39 is 0 Å². The normalized spacial score (nSPS) is 14.0. The smallest absolute Gasteiger partial charge is 0.211 e. The molecular weight excluding hydrogens is 400 g/mol. The molecular formula is C31H42N2. The molecule has 2 heteroatoms. The van der Waals surface area contributed by atoms with Gasteiger partial charge in [-0.1, -0.05) is 82.7 Å².